The van der Waals surface area contributed by atoms with Crippen molar-refractivity contribution in [1.82, 2.24) is 4.72 Å². The summed E-state index contributed by atoms with van der Waals surface area (Å²) in [4.78, 5) is 0.955. The van der Waals surface area contributed by atoms with Crippen LogP contribution in [0.25, 0.3) is 0 Å². The number of hydrogen-bond donors (Lipinski definition) is 2. The van der Waals surface area contributed by atoms with E-state index in [1.54, 1.807) is 24.3 Å². The highest BCUT2D eigenvalue weighted by molar-refractivity contribution is 7.91. The Morgan fingerprint density at radius 2 is 1.81 bits per heavy atom. The smallest absolute Gasteiger partial charge is 0.250 e. The van der Waals surface area contributed by atoms with Gasteiger partial charge in [0.05, 0.1) is 0 Å². The second-order valence-electron chi connectivity index (χ2n) is 4.53. The summed E-state index contributed by atoms with van der Waals surface area (Å²) in [5.74, 6) is -0.301. The number of nitrogens with two attached hydrogens (primary N) is 1. The van der Waals surface area contributed by atoms with E-state index >= 15 is 0 Å². The number of benzene rings is 1. The molecule has 0 aliphatic heterocycles. The van der Waals surface area contributed by atoms with Crippen molar-refractivity contribution in [1.29, 1.82) is 0 Å². The summed E-state index contributed by atoms with van der Waals surface area (Å²) in [7, 11) is -3.48. The predicted octanol–water partition coefficient (Wildman–Crippen LogP) is 1.91. The van der Waals surface area contributed by atoms with Crippen LogP contribution in [-0.2, 0) is 22.9 Å². The minimum atomic E-state index is -3.48. The van der Waals surface area contributed by atoms with E-state index in [4.69, 9.17) is 5.73 Å². The lowest BCUT2D eigenvalue weighted by molar-refractivity contribution is 0.583. The molecule has 0 saturated carbocycles. The van der Waals surface area contributed by atoms with E-state index in [0.717, 1.165) is 10.4 Å². The molecular weight excluding hydrogens is 311 g/mol. The van der Waals surface area contributed by atoms with Crippen LogP contribution in [0.3, 0.4) is 0 Å². The van der Waals surface area contributed by atoms with Gasteiger partial charge in [0.1, 0.15) is 10.0 Å². The van der Waals surface area contributed by atoms with Gasteiger partial charge in [0.15, 0.2) is 0 Å². The summed E-state index contributed by atoms with van der Waals surface area (Å²) in [6.45, 7) is 0.774. The Morgan fingerprint density at radius 3 is 2.48 bits per heavy atom. The molecule has 0 fully saturated rings. The van der Waals surface area contributed by atoms with E-state index in [1.807, 2.05) is 0 Å². The van der Waals surface area contributed by atoms with Gasteiger partial charge in [-0.2, -0.15) is 0 Å². The number of nitrogens with one attached hydrogen (secondary N) is 1. The predicted molar refractivity (Wildman–Crippen MR) is 82.4 cm³/mol. The molecule has 4 nitrogen and oxygen atoms in total. The summed E-state index contributed by atoms with van der Waals surface area (Å²) in [5, 5.41) is 0. The van der Waals surface area contributed by atoms with Crippen molar-refractivity contribution in [3.05, 3.63) is 52.7 Å². The maximum absolute atomic E-state index is 12.8. The summed E-state index contributed by atoms with van der Waals surface area (Å²) in [5.41, 5.74) is 6.33. The molecule has 0 unspecified atom stereocenters. The first-order valence-electron chi connectivity index (χ1n) is 6.54. The number of halogens is 1. The fourth-order valence-electron chi connectivity index (χ4n) is 1.83. The molecule has 0 saturated heterocycles. The van der Waals surface area contributed by atoms with Gasteiger partial charge in [-0.05, 0) is 49.2 Å². The maximum atomic E-state index is 12.8. The Kier molecular flexibility index (Phi) is 5.46. The molecule has 21 heavy (non-hydrogen) atoms. The first-order chi connectivity index (χ1) is 10.0. The monoisotopic (exact) mass is 328 g/mol. The first kappa shape index (κ1) is 16.1. The molecule has 0 atom stereocenters. The van der Waals surface area contributed by atoms with Gasteiger partial charge in [-0.1, -0.05) is 12.1 Å². The number of rotatable bonds is 7. The molecule has 0 radical (unpaired) electrons. The zero-order valence-corrected chi connectivity index (χ0v) is 13.0. The minimum Gasteiger partial charge on any atom is -0.330 e. The van der Waals surface area contributed by atoms with Crippen molar-refractivity contribution in [2.24, 2.45) is 5.73 Å². The van der Waals surface area contributed by atoms with Crippen molar-refractivity contribution in [3.8, 4) is 0 Å². The Hall–Kier alpha value is -1.28. The molecular formula is C14H17FN2O2S2. The summed E-state index contributed by atoms with van der Waals surface area (Å²) in [6.07, 6.45) is 1.19. The van der Waals surface area contributed by atoms with Gasteiger partial charge in [-0.15, -0.1) is 11.3 Å². The van der Waals surface area contributed by atoms with Crippen molar-refractivity contribution in [2.45, 2.75) is 17.1 Å². The van der Waals surface area contributed by atoms with Gasteiger partial charge < -0.3 is 5.73 Å². The molecule has 0 spiro atoms. The average Bonchev–Trinajstić information content (AvgIpc) is 2.91. The van der Waals surface area contributed by atoms with Gasteiger partial charge in [-0.25, -0.2) is 17.5 Å². The topological polar surface area (TPSA) is 72.2 Å². The molecule has 1 aromatic heterocycles. The van der Waals surface area contributed by atoms with Crippen molar-refractivity contribution in [2.75, 3.05) is 13.1 Å². The van der Waals surface area contributed by atoms with E-state index in [1.165, 1.54) is 23.5 Å². The second-order valence-corrected chi connectivity index (χ2v) is 7.70. The Morgan fingerprint density at radius 1 is 1.10 bits per heavy atom. The quantitative estimate of drug-likeness (QED) is 0.815. The van der Waals surface area contributed by atoms with Gasteiger partial charge in [0, 0.05) is 11.4 Å². The fourth-order valence-corrected chi connectivity index (χ4v) is 4.28. The third kappa shape index (κ3) is 4.60. The SMILES string of the molecule is NCCc1ccc(S(=O)(=O)NCCc2ccc(F)cc2)s1. The highest BCUT2D eigenvalue weighted by atomic mass is 32.2. The maximum Gasteiger partial charge on any atom is 0.250 e. The average molecular weight is 328 g/mol. The Bertz CT molecular complexity index is 681. The third-order valence-corrected chi connectivity index (χ3v) is 6.01. The van der Waals surface area contributed by atoms with Crippen LogP contribution in [0.1, 0.15) is 10.4 Å². The summed E-state index contributed by atoms with van der Waals surface area (Å²) >= 11 is 1.23. The van der Waals surface area contributed by atoms with Gasteiger partial charge in [0.2, 0.25) is 10.0 Å². The Labute approximate surface area is 127 Å². The van der Waals surface area contributed by atoms with Crippen LogP contribution in [0.2, 0.25) is 0 Å². The first-order valence-corrected chi connectivity index (χ1v) is 8.84. The van der Waals surface area contributed by atoms with E-state index in [-0.39, 0.29) is 12.4 Å². The van der Waals surface area contributed by atoms with E-state index < -0.39 is 10.0 Å². The van der Waals surface area contributed by atoms with Crippen LogP contribution in [-0.4, -0.2) is 21.5 Å². The molecule has 1 heterocycles. The molecule has 0 aliphatic rings. The van der Waals surface area contributed by atoms with Crippen LogP contribution in [0.4, 0.5) is 4.39 Å². The lowest BCUT2D eigenvalue weighted by Crippen LogP contribution is -2.25. The van der Waals surface area contributed by atoms with Crippen molar-refractivity contribution < 1.29 is 12.8 Å². The molecule has 114 valence electrons. The van der Waals surface area contributed by atoms with E-state index in [9.17, 15) is 12.8 Å². The van der Waals surface area contributed by atoms with Gasteiger partial charge >= 0.3 is 0 Å². The second kappa shape index (κ2) is 7.13. The number of thiophene rings is 1. The summed E-state index contributed by atoms with van der Waals surface area (Å²) in [6, 6.07) is 9.40. The largest absolute Gasteiger partial charge is 0.330 e. The zero-order valence-electron chi connectivity index (χ0n) is 11.4. The normalized spacial score (nSPS) is 11.7. The highest BCUT2D eigenvalue weighted by Gasteiger charge is 2.16. The fraction of sp³-hybridized carbons (Fsp3) is 0.286. The van der Waals surface area contributed by atoms with Gasteiger partial charge in [0.25, 0.3) is 0 Å². The molecule has 2 rings (SSSR count). The van der Waals surface area contributed by atoms with Crippen LogP contribution in [0.15, 0.2) is 40.6 Å². The molecule has 0 bridgehead atoms. The molecule has 0 aliphatic carbocycles. The van der Waals surface area contributed by atoms with Crippen molar-refractivity contribution >= 4 is 21.4 Å². The van der Waals surface area contributed by atoms with Crippen molar-refractivity contribution in [3.63, 3.8) is 0 Å². The number of sulfonamides is 1. The molecule has 3 N–H and O–H groups in total. The molecule has 1 aromatic carbocycles. The number of hydrogen-bond acceptors (Lipinski definition) is 4. The van der Waals surface area contributed by atoms with Crippen LogP contribution >= 0.6 is 11.3 Å². The Balaban J connectivity index is 1.92. The minimum absolute atomic E-state index is 0.276. The summed E-state index contributed by atoms with van der Waals surface area (Å²) < 4.78 is 39.8. The molecule has 0 amide bonds. The third-order valence-electron chi connectivity index (χ3n) is 2.91. The van der Waals surface area contributed by atoms with Crippen LogP contribution in [0, 0.1) is 5.82 Å². The zero-order chi connectivity index (χ0) is 15.3. The van der Waals surface area contributed by atoms with Crippen LogP contribution < -0.4 is 10.5 Å². The lowest BCUT2D eigenvalue weighted by atomic mass is 10.1. The molecule has 7 heteroatoms. The van der Waals surface area contributed by atoms with Crippen LogP contribution in [0.5, 0.6) is 0 Å². The molecule has 2 aromatic rings. The van der Waals surface area contributed by atoms with Gasteiger partial charge in [-0.3, -0.25) is 0 Å². The van der Waals surface area contributed by atoms with E-state index in [0.29, 0.717) is 23.6 Å². The standard InChI is InChI=1S/C14H17FN2O2S2/c15-12-3-1-11(2-4-12)8-10-17-21(18,19)14-6-5-13(20-14)7-9-16/h1-6,17H,7-10,16H2. The highest BCUT2D eigenvalue weighted by Crippen LogP contribution is 2.21. The van der Waals surface area contributed by atoms with E-state index in [2.05, 4.69) is 4.72 Å². The lowest BCUT2D eigenvalue weighted by Gasteiger charge is -2.05.